The molecule has 0 saturated carbocycles. The maximum absolute atomic E-state index is 13.4. The molecule has 2 aromatic rings. The van der Waals surface area contributed by atoms with Crippen LogP contribution in [0, 0.1) is 5.82 Å². The van der Waals surface area contributed by atoms with Crippen LogP contribution in [0.5, 0.6) is 0 Å². The van der Waals surface area contributed by atoms with Crippen molar-refractivity contribution in [1.29, 1.82) is 0 Å². The summed E-state index contributed by atoms with van der Waals surface area (Å²) in [5.41, 5.74) is 0.0806. The van der Waals surface area contributed by atoms with Crippen molar-refractivity contribution in [3.63, 3.8) is 0 Å². The van der Waals surface area contributed by atoms with Crippen molar-refractivity contribution < 1.29 is 22.5 Å². The minimum Gasteiger partial charge on any atom is -0.338 e. The molecule has 0 atom stereocenters. The quantitative estimate of drug-likeness (QED) is 0.841. The Bertz CT molecular complexity index is 569. The van der Waals surface area contributed by atoms with Gasteiger partial charge in [-0.3, -0.25) is 4.79 Å². The van der Waals surface area contributed by atoms with Crippen molar-refractivity contribution in [2.24, 2.45) is 0 Å². The highest BCUT2D eigenvalue weighted by Crippen LogP contribution is 2.19. The maximum atomic E-state index is 13.4. The second-order valence-electron chi connectivity index (χ2n) is 3.44. The number of alkyl halides is 2. The molecule has 7 heteroatoms. The van der Waals surface area contributed by atoms with Gasteiger partial charge in [0.25, 0.3) is 6.43 Å². The predicted molar refractivity (Wildman–Crippen MR) is 54.4 cm³/mol. The van der Waals surface area contributed by atoms with Crippen LogP contribution in [-0.4, -0.2) is 22.3 Å². The zero-order chi connectivity index (χ0) is 13.1. The average Bonchev–Trinajstić information content (AvgIpc) is 2.77. The summed E-state index contributed by atoms with van der Waals surface area (Å²) in [6.45, 7) is 0. The second kappa shape index (κ2) is 4.99. The standard InChI is InChI=1S/C11H7F3N2O2/c12-7-4-2-1-3-6(7)11-15-9(18-16-11)5-8(17)10(13)14/h1-4,10H,5H2. The Labute approximate surface area is 99.4 Å². The van der Waals surface area contributed by atoms with E-state index in [0.29, 0.717) is 0 Å². The fourth-order valence-electron chi connectivity index (χ4n) is 1.30. The molecule has 1 heterocycles. The Balaban J connectivity index is 2.21. The molecule has 18 heavy (non-hydrogen) atoms. The summed E-state index contributed by atoms with van der Waals surface area (Å²) in [6, 6.07) is 5.67. The molecular weight excluding hydrogens is 249 g/mol. The number of hydrogen-bond donors (Lipinski definition) is 0. The molecule has 0 unspecified atom stereocenters. The van der Waals surface area contributed by atoms with E-state index in [2.05, 4.69) is 14.7 Å². The number of benzene rings is 1. The summed E-state index contributed by atoms with van der Waals surface area (Å²) in [6.07, 6.45) is -3.76. The van der Waals surface area contributed by atoms with Crippen LogP contribution in [0.3, 0.4) is 0 Å². The molecular formula is C11H7F3N2O2. The van der Waals surface area contributed by atoms with Crippen LogP contribution in [0.1, 0.15) is 5.89 Å². The molecule has 0 bridgehead atoms. The summed E-state index contributed by atoms with van der Waals surface area (Å²) in [5, 5.41) is 3.44. The molecule has 0 aliphatic carbocycles. The van der Waals surface area contributed by atoms with Crippen molar-refractivity contribution in [2.75, 3.05) is 0 Å². The van der Waals surface area contributed by atoms with Crippen molar-refractivity contribution in [3.05, 3.63) is 36.0 Å². The number of halogens is 3. The first-order chi connectivity index (χ1) is 8.58. The van der Waals surface area contributed by atoms with E-state index in [1.54, 1.807) is 6.07 Å². The Kier molecular flexibility index (Phi) is 3.40. The second-order valence-corrected chi connectivity index (χ2v) is 3.44. The number of nitrogens with zero attached hydrogens (tertiary/aromatic N) is 2. The monoisotopic (exact) mass is 256 g/mol. The van der Waals surface area contributed by atoms with E-state index < -0.39 is 24.4 Å². The van der Waals surface area contributed by atoms with Gasteiger partial charge in [-0.25, -0.2) is 13.2 Å². The lowest BCUT2D eigenvalue weighted by molar-refractivity contribution is -0.129. The van der Waals surface area contributed by atoms with Crippen LogP contribution in [0.2, 0.25) is 0 Å². The molecule has 1 aromatic carbocycles. The SMILES string of the molecule is O=C(Cc1nc(-c2ccccc2F)no1)C(F)F. The minimum atomic E-state index is -3.09. The fraction of sp³-hybridized carbons (Fsp3) is 0.182. The van der Waals surface area contributed by atoms with Crippen molar-refractivity contribution in [1.82, 2.24) is 10.1 Å². The Hall–Kier alpha value is -2.18. The van der Waals surface area contributed by atoms with Crippen LogP contribution < -0.4 is 0 Å². The summed E-state index contributed by atoms with van der Waals surface area (Å²) in [4.78, 5) is 14.5. The molecule has 0 N–H and O–H groups in total. The summed E-state index contributed by atoms with van der Waals surface area (Å²) in [5.74, 6) is -2.23. The molecule has 4 nitrogen and oxygen atoms in total. The normalized spacial score (nSPS) is 10.9. The van der Waals surface area contributed by atoms with Gasteiger partial charge in [0.1, 0.15) is 5.82 Å². The molecule has 0 amide bonds. The average molecular weight is 256 g/mol. The Morgan fingerprint density at radius 3 is 2.72 bits per heavy atom. The van der Waals surface area contributed by atoms with Gasteiger partial charge in [-0.05, 0) is 12.1 Å². The highest BCUT2D eigenvalue weighted by atomic mass is 19.3. The summed E-state index contributed by atoms with van der Waals surface area (Å²) in [7, 11) is 0. The molecule has 94 valence electrons. The predicted octanol–water partition coefficient (Wildman–Crippen LogP) is 2.25. The number of hydrogen-bond acceptors (Lipinski definition) is 4. The molecule has 0 fully saturated rings. The Morgan fingerprint density at radius 2 is 2.06 bits per heavy atom. The zero-order valence-electron chi connectivity index (χ0n) is 8.94. The third-order valence-corrected chi connectivity index (χ3v) is 2.15. The lowest BCUT2D eigenvalue weighted by Gasteiger charge is -1.95. The lowest BCUT2D eigenvalue weighted by Crippen LogP contribution is -2.12. The van der Waals surface area contributed by atoms with Gasteiger partial charge in [-0.2, -0.15) is 4.98 Å². The summed E-state index contributed by atoms with van der Waals surface area (Å²) < 4.78 is 42.0. The van der Waals surface area contributed by atoms with Crippen molar-refractivity contribution >= 4 is 5.78 Å². The largest absolute Gasteiger partial charge is 0.338 e. The zero-order valence-corrected chi connectivity index (χ0v) is 8.94. The van der Waals surface area contributed by atoms with Gasteiger partial charge in [0, 0.05) is 0 Å². The minimum absolute atomic E-state index is 0.0785. The topological polar surface area (TPSA) is 56.0 Å². The maximum Gasteiger partial charge on any atom is 0.296 e. The fourth-order valence-corrected chi connectivity index (χ4v) is 1.30. The third-order valence-electron chi connectivity index (χ3n) is 2.15. The van der Waals surface area contributed by atoms with Gasteiger partial charge in [0.2, 0.25) is 17.5 Å². The highest BCUT2D eigenvalue weighted by Gasteiger charge is 2.20. The Morgan fingerprint density at radius 1 is 1.33 bits per heavy atom. The van der Waals surface area contributed by atoms with Gasteiger partial charge < -0.3 is 4.52 Å². The molecule has 0 radical (unpaired) electrons. The number of Topliss-reactive ketones (excluding diaryl/α,β-unsaturated/α-hetero) is 1. The lowest BCUT2D eigenvalue weighted by atomic mass is 10.2. The third kappa shape index (κ3) is 2.55. The molecule has 0 aliphatic heterocycles. The van der Waals surface area contributed by atoms with E-state index in [1.807, 2.05) is 0 Å². The number of aromatic nitrogens is 2. The van der Waals surface area contributed by atoms with E-state index in [1.165, 1.54) is 18.2 Å². The van der Waals surface area contributed by atoms with Crippen LogP contribution in [0.25, 0.3) is 11.4 Å². The van der Waals surface area contributed by atoms with E-state index >= 15 is 0 Å². The summed E-state index contributed by atoms with van der Waals surface area (Å²) >= 11 is 0. The van der Waals surface area contributed by atoms with E-state index in [4.69, 9.17) is 0 Å². The van der Waals surface area contributed by atoms with Gasteiger partial charge in [-0.1, -0.05) is 17.3 Å². The number of carbonyl (C=O) groups is 1. The molecule has 2 rings (SSSR count). The number of ketones is 1. The smallest absolute Gasteiger partial charge is 0.296 e. The first-order valence-corrected chi connectivity index (χ1v) is 4.96. The molecule has 0 spiro atoms. The first kappa shape index (κ1) is 12.3. The number of rotatable bonds is 4. The van der Waals surface area contributed by atoms with E-state index in [9.17, 15) is 18.0 Å². The van der Waals surface area contributed by atoms with Gasteiger partial charge in [0.05, 0.1) is 12.0 Å². The molecule has 1 aromatic heterocycles. The van der Waals surface area contributed by atoms with Gasteiger partial charge in [0.15, 0.2) is 0 Å². The van der Waals surface area contributed by atoms with Crippen molar-refractivity contribution in [3.8, 4) is 11.4 Å². The first-order valence-electron chi connectivity index (χ1n) is 4.96. The van der Waals surface area contributed by atoms with Crippen LogP contribution in [0.4, 0.5) is 13.2 Å². The van der Waals surface area contributed by atoms with Gasteiger partial charge >= 0.3 is 0 Å². The van der Waals surface area contributed by atoms with Crippen molar-refractivity contribution in [2.45, 2.75) is 12.8 Å². The van der Waals surface area contributed by atoms with Crippen LogP contribution in [0.15, 0.2) is 28.8 Å². The highest BCUT2D eigenvalue weighted by molar-refractivity contribution is 5.83. The van der Waals surface area contributed by atoms with E-state index in [0.717, 1.165) is 0 Å². The van der Waals surface area contributed by atoms with Gasteiger partial charge in [-0.15, -0.1) is 0 Å². The molecule has 0 saturated heterocycles. The van der Waals surface area contributed by atoms with Crippen LogP contribution >= 0.6 is 0 Å². The number of carbonyl (C=O) groups excluding carboxylic acids is 1. The van der Waals surface area contributed by atoms with Crippen LogP contribution in [-0.2, 0) is 11.2 Å². The van der Waals surface area contributed by atoms with E-state index in [-0.39, 0.29) is 17.3 Å². The molecule has 0 aliphatic rings.